The predicted molar refractivity (Wildman–Crippen MR) is 71.9 cm³/mol. The van der Waals surface area contributed by atoms with Gasteiger partial charge in [-0.05, 0) is 18.4 Å². The van der Waals surface area contributed by atoms with Crippen LogP contribution in [0.2, 0.25) is 0 Å². The minimum absolute atomic E-state index is 0.0515. The molecule has 0 amide bonds. The number of benzene rings is 1. The molecule has 1 aromatic rings. The maximum Gasteiger partial charge on any atom is 0.0928 e. The van der Waals surface area contributed by atoms with E-state index >= 15 is 0 Å². The lowest BCUT2D eigenvalue weighted by molar-refractivity contribution is 0.336. The first-order chi connectivity index (χ1) is 7.52. The van der Waals surface area contributed by atoms with Gasteiger partial charge >= 0.3 is 0 Å². The van der Waals surface area contributed by atoms with E-state index in [0.29, 0.717) is 5.92 Å². The normalized spacial score (nSPS) is 11.6. The topological polar surface area (TPSA) is 20.2 Å². The molecule has 0 spiro atoms. The first kappa shape index (κ1) is 14.8. The number of aliphatic hydroxyl groups excluding tert-OH is 1. The molecule has 16 heavy (non-hydrogen) atoms. The van der Waals surface area contributed by atoms with Crippen LogP contribution in [0.5, 0.6) is 0 Å². The van der Waals surface area contributed by atoms with Gasteiger partial charge < -0.3 is 5.11 Å². The number of rotatable bonds is 3. The van der Waals surface area contributed by atoms with Crippen LogP contribution in [0.1, 0.15) is 44.7 Å². The van der Waals surface area contributed by atoms with Gasteiger partial charge in [-0.15, -0.1) is 0 Å². The molecular formula is C15H24O. The lowest BCUT2D eigenvalue weighted by atomic mass is 9.87. The molecule has 0 aliphatic carbocycles. The van der Waals surface area contributed by atoms with E-state index < -0.39 is 0 Å². The molecular weight excluding hydrogens is 196 g/mol. The predicted octanol–water partition coefficient (Wildman–Crippen LogP) is 4.83. The molecule has 0 aromatic heterocycles. The summed E-state index contributed by atoms with van der Waals surface area (Å²) in [7, 11) is 0. The summed E-state index contributed by atoms with van der Waals surface area (Å²) in [6.45, 7) is 13.9. The Morgan fingerprint density at radius 2 is 1.56 bits per heavy atom. The van der Waals surface area contributed by atoms with Crippen LogP contribution in [0.25, 0.3) is 0 Å². The van der Waals surface area contributed by atoms with Gasteiger partial charge in [0, 0.05) is 5.92 Å². The molecule has 0 aliphatic heterocycles. The summed E-state index contributed by atoms with van der Waals surface area (Å²) in [5, 5.41) is 9.51. The summed E-state index contributed by atoms with van der Waals surface area (Å²) >= 11 is 0. The van der Waals surface area contributed by atoms with Crippen molar-refractivity contribution in [3.63, 3.8) is 0 Å². The summed E-state index contributed by atoms with van der Waals surface area (Å²) in [6.07, 6.45) is 0. The van der Waals surface area contributed by atoms with Crippen molar-refractivity contribution in [2.45, 2.75) is 40.5 Å². The maximum absolute atomic E-state index is 9.51. The van der Waals surface area contributed by atoms with Crippen molar-refractivity contribution < 1.29 is 5.11 Å². The zero-order chi connectivity index (χ0) is 12.7. The Labute approximate surface area is 99.8 Å². The first-order valence-electron chi connectivity index (χ1n) is 5.96. The highest BCUT2D eigenvalue weighted by Gasteiger charge is 2.18. The fraction of sp³-hybridized carbons (Fsp3) is 0.467. The second-order valence-electron chi connectivity index (χ2n) is 4.12. The van der Waals surface area contributed by atoms with E-state index in [2.05, 4.69) is 51.6 Å². The Bertz CT molecular complexity index is 309. The highest BCUT2D eigenvalue weighted by Crippen LogP contribution is 2.29. The quantitative estimate of drug-likeness (QED) is 0.723. The van der Waals surface area contributed by atoms with E-state index in [0.717, 1.165) is 5.56 Å². The second kappa shape index (κ2) is 7.10. The Hall–Kier alpha value is -1.24. The van der Waals surface area contributed by atoms with E-state index in [1.54, 1.807) is 0 Å². The maximum atomic E-state index is 9.51. The first-order valence-corrected chi connectivity index (χ1v) is 5.96. The molecule has 0 bridgehead atoms. The van der Waals surface area contributed by atoms with Crippen LogP contribution in [0.4, 0.5) is 0 Å². The van der Waals surface area contributed by atoms with Gasteiger partial charge in [-0.3, -0.25) is 0 Å². The molecule has 1 heteroatoms. The molecule has 0 aliphatic rings. The van der Waals surface area contributed by atoms with E-state index in [-0.39, 0.29) is 11.7 Å². The van der Waals surface area contributed by atoms with Crippen LogP contribution in [0, 0.1) is 12.8 Å². The molecule has 0 saturated carbocycles. The standard InChI is InChI=1S/C13H18O.C2H6/c1-9(2)13(11(4)14)12-7-5-10(3)6-8-12;1-2/h5-9,13-14H,4H2,1-3H3;1-2H3. The van der Waals surface area contributed by atoms with E-state index in [1.165, 1.54) is 5.56 Å². The average Bonchev–Trinajstić information content (AvgIpc) is 2.23. The molecule has 1 unspecified atom stereocenters. The van der Waals surface area contributed by atoms with Crippen LogP contribution in [0.3, 0.4) is 0 Å². The van der Waals surface area contributed by atoms with Gasteiger partial charge in [0.1, 0.15) is 0 Å². The van der Waals surface area contributed by atoms with E-state index in [9.17, 15) is 5.11 Å². The van der Waals surface area contributed by atoms with Crippen LogP contribution < -0.4 is 0 Å². The lowest BCUT2D eigenvalue weighted by Gasteiger charge is -2.20. The minimum atomic E-state index is 0.0515. The summed E-state index contributed by atoms with van der Waals surface area (Å²) in [5.74, 6) is 0.676. The van der Waals surface area contributed by atoms with Crippen LogP contribution >= 0.6 is 0 Å². The molecule has 0 saturated heterocycles. The molecule has 1 nitrogen and oxygen atoms in total. The molecule has 0 radical (unpaired) electrons. The minimum Gasteiger partial charge on any atom is -0.512 e. The second-order valence-corrected chi connectivity index (χ2v) is 4.12. The Morgan fingerprint density at radius 3 is 1.88 bits per heavy atom. The molecule has 1 N–H and O–H groups in total. The Balaban J connectivity index is 0.00000106. The van der Waals surface area contributed by atoms with E-state index in [4.69, 9.17) is 0 Å². The van der Waals surface area contributed by atoms with Crippen molar-refractivity contribution in [3.05, 3.63) is 47.7 Å². The number of allylic oxidation sites excluding steroid dienone is 1. The van der Waals surface area contributed by atoms with Gasteiger partial charge in [0.05, 0.1) is 5.76 Å². The molecule has 1 atom stereocenters. The molecule has 90 valence electrons. The molecule has 1 aromatic carbocycles. The van der Waals surface area contributed by atoms with Crippen molar-refractivity contribution in [1.82, 2.24) is 0 Å². The van der Waals surface area contributed by atoms with Gasteiger partial charge in [-0.25, -0.2) is 0 Å². The van der Waals surface area contributed by atoms with Gasteiger partial charge in [0.25, 0.3) is 0 Å². The molecule has 0 heterocycles. The SMILES string of the molecule is C=C(O)C(c1ccc(C)cc1)C(C)C.CC. The highest BCUT2D eigenvalue weighted by molar-refractivity contribution is 5.28. The summed E-state index contributed by atoms with van der Waals surface area (Å²) in [5.41, 5.74) is 2.37. The number of aliphatic hydroxyl groups is 1. The largest absolute Gasteiger partial charge is 0.512 e. The van der Waals surface area contributed by atoms with Crippen LogP contribution in [-0.4, -0.2) is 5.11 Å². The fourth-order valence-electron chi connectivity index (χ4n) is 1.74. The van der Waals surface area contributed by atoms with Crippen molar-refractivity contribution in [2.24, 2.45) is 5.92 Å². The smallest absolute Gasteiger partial charge is 0.0928 e. The zero-order valence-corrected chi connectivity index (χ0v) is 11.1. The van der Waals surface area contributed by atoms with Crippen LogP contribution in [0.15, 0.2) is 36.6 Å². The van der Waals surface area contributed by atoms with Crippen molar-refractivity contribution in [3.8, 4) is 0 Å². The average molecular weight is 220 g/mol. The summed E-state index contributed by atoms with van der Waals surface area (Å²) in [6, 6.07) is 8.24. The van der Waals surface area contributed by atoms with Crippen molar-refractivity contribution in [1.29, 1.82) is 0 Å². The third-order valence-electron chi connectivity index (χ3n) is 2.46. The van der Waals surface area contributed by atoms with Crippen LogP contribution in [-0.2, 0) is 0 Å². The third kappa shape index (κ3) is 4.09. The van der Waals surface area contributed by atoms with Crippen molar-refractivity contribution >= 4 is 0 Å². The highest BCUT2D eigenvalue weighted by atomic mass is 16.3. The lowest BCUT2D eigenvalue weighted by Crippen LogP contribution is -2.08. The Kier molecular flexibility index (Phi) is 6.55. The number of aryl methyl sites for hydroxylation is 1. The zero-order valence-electron chi connectivity index (χ0n) is 11.1. The molecule has 0 fully saturated rings. The van der Waals surface area contributed by atoms with Crippen molar-refractivity contribution in [2.75, 3.05) is 0 Å². The van der Waals surface area contributed by atoms with Gasteiger partial charge in [0.2, 0.25) is 0 Å². The number of hydrogen-bond acceptors (Lipinski definition) is 1. The monoisotopic (exact) mass is 220 g/mol. The molecule has 1 rings (SSSR count). The summed E-state index contributed by atoms with van der Waals surface area (Å²) < 4.78 is 0. The third-order valence-corrected chi connectivity index (χ3v) is 2.46. The summed E-state index contributed by atoms with van der Waals surface area (Å²) in [4.78, 5) is 0. The fourth-order valence-corrected chi connectivity index (χ4v) is 1.74. The van der Waals surface area contributed by atoms with Gasteiger partial charge in [0.15, 0.2) is 0 Å². The Morgan fingerprint density at radius 1 is 1.12 bits per heavy atom. The van der Waals surface area contributed by atoms with Gasteiger partial charge in [-0.1, -0.05) is 64.1 Å². The number of hydrogen-bond donors (Lipinski definition) is 1. The van der Waals surface area contributed by atoms with Gasteiger partial charge in [-0.2, -0.15) is 0 Å². The van der Waals surface area contributed by atoms with E-state index in [1.807, 2.05) is 13.8 Å².